The molecule has 1 heterocycles. The number of carbonyl (C=O) groups is 1. The number of nitrogens with zero attached hydrogens (tertiary/aromatic N) is 2. The Morgan fingerprint density at radius 3 is 2.41 bits per heavy atom. The Balaban J connectivity index is 1.74. The first-order chi connectivity index (χ1) is 12.8. The van der Waals surface area contributed by atoms with E-state index in [0.717, 1.165) is 5.56 Å². The van der Waals surface area contributed by atoms with Gasteiger partial charge in [-0.15, -0.1) is 0 Å². The topological polar surface area (TPSA) is 103 Å². The highest BCUT2D eigenvalue weighted by Gasteiger charge is 2.22. The Bertz CT molecular complexity index is 914. The maximum Gasteiger partial charge on any atom is 0.282 e. The molecule has 2 aromatic rings. The van der Waals surface area contributed by atoms with Gasteiger partial charge >= 0.3 is 0 Å². The third-order valence-electron chi connectivity index (χ3n) is 4.10. The van der Waals surface area contributed by atoms with E-state index in [1.54, 1.807) is 12.1 Å². The molecule has 0 saturated carbocycles. The molecule has 1 aliphatic rings. The van der Waals surface area contributed by atoms with E-state index in [-0.39, 0.29) is 23.5 Å². The SMILES string of the molecule is CC(C)(C)c1ccc(C(=O)N/N=C\c2cc3c(cc2[N+](=O)[O-])OCO3)cc1. The van der Waals surface area contributed by atoms with E-state index in [9.17, 15) is 14.9 Å². The van der Waals surface area contributed by atoms with Crippen LogP contribution >= 0.6 is 0 Å². The Labute approximate surface area is 155 Å². The van der Waals surface area contributed by atoms with Crippen molar-refractivity contribution in [3.05, 3.63) is 63.2 Å². The first kappa shape index (κ1) is 18.4. The molecule has 140 valence electrons. The summed E-state index contributed by atoms with van der Waals surface area (Å²) in [7, 11) is 0. The maximum absolute atomic E-state index is 12.2. The standard InChI is InChI=1S/C19H19N3O5/c1-19(2,3)14-6-4-12(5-7-14)18(23)21-20-10-13-8-16-17(27-11-26-16)9-15(13)22(24)25/h4-10H,11H2,1-3H3,(H,21,23)/b20-10-. The number of rotatable bonds is 4. The molecule has 0 bridgehead atoms. The number of ether oxygens (including phenoxy) is 2. The lowest BCUT2D eigenvalue weighted by Crippen LogP contribution is -2.18. The number of fused-ring (bicyclic) bond motifs is 1. The second-order valence-corrected chi connectivity index (χ2v) is 7.05. The van der Waals surface area contributed by atoms with E-state index in [0.29, 0.717) is 17.1 Å². The first-order valence-electron chi connectivity index (χ1n) is 8.28. The second kappa shape index (κ2) is 7.06. The number of hydrazone groups is 1. The van der Waals surface area contributed by atoms with Crippen molar-refractivity contribution in [3.63, 3.8) is 0 Å². The van der Waals surface area contributed by atoms with E-state index in [4.69, 9.17) is 9.47 Å². The summed E-state index contributed by atoms with van der Waals surface area (Å²) in [5.41, 5.74) is 3.93. The van der Waals surface area contributed by atoms with Crippen LogP contribution in [0.1, 0.15) is 42.3 Å². The summed E-state index contributed by atoms with van der Waals surface area (Å²) in [6.07, 6.45) is 1.21. The third-order valence-corrected chi connectivity index (χ3v) is 4.10. The number of carbonyl (C=O) groups excluding carboxylic acids is 1. The number of nitro benzene ring substituents is 1. The second-order valence-electron chi connectivity index (χ2n) is 7.05. The van der Waals surface area contributed by atoms with E-state index in [1.165, 1.54) is 18.3 Å². The van der Waals surface area contributed by atoms with Crippen LogP contribution in [-0.2, 0) is 5.41 Å². The molecule has 8 nitrogen and oxygen atoms in total. The highest BCUT2D eigenvalue weighted by Crippen LogP contribution is 2.37. The summed E-state index contributed by atoms with van der Waals surface area (Å²) in [6, 6.07) is 9.94. The highest BCUT2D eigenvalue weighted by atomic mass is 16.7. The van der Waals surface area contributed by atoms with Crippen molar-refractivity contribution in [1.82, 2.24) is 5.43 Å². The van der Waals surface area contributed by atoms with Crippen molar-refractivity contribution < 1.29 is 19.2 Å². The van der Waals surface area contributed by atoms with Crippen LogP contribution in [0.3, 0.4) is 0 Å². The Morgan fingerprint density at radius 2 is 1.81 bits per heavy atom. The van der Waals surface area contributed by atoms with Gasteiger partial charge in [-0.05, 0) is 29.2 Å². The van der Waals surface area contributed by atoms with Gasteiger partial charge in [-0.3, -0.25) is 14.9 Å². The van der Waals surface area contributed by atoms with Crippen molar-refractivity contribution in [2.45, 2.75) is 26.2 Å². The van der Waals surface area contributed by atoms with Crippen molar-refractivity contribution >= 4 is 17.8 Å². The van der Waals surface area contributed by atoms with Crippen LogP contribution in [0.15, 0.2) is 41.5 Å². The van der Waals surface area contributed by atoms with Gasteiger partial charge in [-0.2, -0.15) is 5.10 Å². The summed E-state index contributed by atoms with van der Waals surface area (Å²) in [5, 5.41) is 15.0. The molecule has 0 saturated heterocycles. The Hall–Kier alpha value is -3.42. The van der Waals surface area contributed by atoms with E-state index >= 15 is 0 Å². The number of hydrogen-bond acceptors (Lipinski definition) is 6. The van der Waals surface area contributed by atoms with Crippen LogP contribution in [0.5, 0.6) is 11.5 Å². The fraction of sp³-hybridized carbons (Fsp3) is 0.263. The third kappa shape index (κ3) is 4.05. The minimum Gasteiger partial charge on any atom is -0.454 e. The van der Waals surface area contributed by atoms with Gasteiger partial charge in [-0.25, -0.2) is 5.43 Å². The molecule has 0 aromatic heterocycles. The molecular formula is C19H19N3O5. The normalized spacial score (nSPS) is 13.0. The summed E-state index contributed by atoms with van der Waals surface area (Å²) in [5.74, 6) is 0.295. The molecule has 1 N–H and O–H groups in total. The first-order valence-corrected chi connectivity index (χ1v) is 8.28. The van der Waals surface area contributed by atoms with Gasteiger partial charge in [-0.1, -0.05) is 32.9 Å². The van der Waals surface area contributed by atoms with E-state index in [2.05, 4.69) is 31.3 Å². The molecule has 2 aromatic carbocycles. The highest BCUT2D eigenvalue weighted by molar-refractivity contribution is 5.95. The van der Waals surface area contributed by atoms with Crippen molar-refractivity contribution in [2.75, 3.05) is 6.79 Å². The fourth-order valence-corrected chi connectivity index (χ4v) is 2.56. The predicted octanol–water partition coefficient (Wildman–Crippen LogP) is 3.38. The minimum atomic E-state index is -0.545. The number of hydrogen-bond donors (Lipinski definition) is 1. The number of nitrogens with one attached hydrogen (secondary N) is 1. The Morgan fingerprint density at radius 1 is 1.19 bits per heavy atom. The number of benzene rings is 2. The molecular weight excluding hydrogens is 350 g/mol. The van der Waals surface area contributed by atoms with Crippen LogP contribution in [0, 0.1) is 10.1 Å². The predicted molar refractivity (Wildman–Crippen MR) is 99.4 cm³/mol. The molecule has 3 rings (SSSR count). The van der Waals surface area contributed by atoms with E-state index in [1.807, 2.05) is 12.1 Å². The molecule has 0 spiro atoms. The van der Waals surface area contributed by atoms with Crippen LogP contribution < -0.4 is 14.9 Å². The molecule has 0 radical (unpaired) electrons. The number of amides is 1. The lowest BCUT2D eigenvalue weighted by atomic mass is 9.87. The molecule has 8 heteroatoms. The fourth-order valence-electron chi connectivity index (χ4n) is 2.56. The van der Waals surface area contributed by atoms with Gasteiger partial charge in [0, 0.05) is 5.56 Å². The zero-order valence-corrected chi connectivity index (χ0v) is 15.2. The average Bonchev–Trinajstić information content (AvgIpc) is 3.07. The van der Waals surface area contributed by atoms with Crippen molar-refractivity contribution in [1.29, 1.82) is 0 Å². The van der Waals surface area contributed by atoms with Gasteiger partial charge in [0.2, 0.25) is 6.79 Å². The van der Waals surface area contributed by atoms with E-state index < -0.39 is 10.8 Å². The lowest BCUT2D eigenvalue weighted by molar-refractivity contribution is -0.385. The van der Waals surface area contributed by atoms with Crippen molar-refractivity contribution in [3.8, 4) is 11.5 Å². The summed E-state index contributed by atoms with van der Waals surface area (Å²) in [4.78, 5) is 22.9. The Kier molecular flexibility index (Phi) is 4.81. The lowest BCUT2D eigenvalue weighted by Gasteiger charge is -2.18. The maximum atomic E-state index is 12.2. The summed E-state index contributed by atoms with van der Waals surface area (Å²) in [6.45, 7) is 6.27. The van der Waals surface area contributed by atoms with Gasteiger partial charge in [0.1, 0.15) is 0 Å². The van der Waals surface area contributed by atoms with Crippen LogP contribution in [0.25, 0.3) is 0 Å². The molecule has 0 fully saturated rings. The smallest absolute Gasteiger partial charge is 0.282 e. The summed E-state index contributed by atoms with van der Waals surface area (Å²) < 4.78 is 10.4. The van der Waals surface area contributed by atoms with Gasteiger partial charge in [0.25, 0.3) is 11.6 Å². The van der Waals surface area contributed by atoms with Gasteiger partial charge < -0.3 is 9.47 Å². The van der Waals surface area contributed by atoms with Crippen LogP contribution in [-0.4, -0.2) is 23.8 Å². The van der Waals surface area contributed by atoms with Crippen LogP contribution in [0.4, 0.5) is 5.69 Å². The molecule has 0 atom stereocenters. The minimum absolute atomic E-state index is 0.00831. The summed E-state index contributed by atoms with van der Waals surface area (Å²) >= 11 is 0. The molecule has 1 aliphatic heterocycles. The molecule has 27 heavy (non-hydrogen) atoms. The van der Waals surface area contributed by atoms with Gasteiger partial charge in [0.15, 0.2) is 11.5 Å². The molecule has 1 amide bonds. The zero-order chi connectivity index (χ0) is 19.6. The van der Waals surface area contributed by atoms with Crippen molar-refractivity contribution in [2.24, 2.45) is 5.10 Å². The van der Waals surface area contributed by atoms with Gasteiger partial charge in [0.05, 0.1) is 22.8 Å². The zero-order valence-electron chi connectivity index (χ0n) is 15.2. The molecule has 0 aliphatic carbocycles. The molecule has 0 unspecified atom stereocenters. The quantitative estimate of drug-likeness (QED) is 0.505. The average molecular weight is 369 g/mol. The van der Waals surface area contributed by atoms with Crippen LogP contribution in [0.2, 0.25) is 0 Å². The largest absolute Gasteiger partial charge is 0.454 e. The monoisotopic (exact) mass is 369 g/mol. The number of nitro groups is 1.